The van der Waals surface area contributed by atoms with Crippen molar-refractivity contribution in [1.29, 1.82) is 0 Å². The van der Waals surface area contributed by atoms with Gasteiger partial charge in [-0.1, -0.05) is 42.5 Å². The number of amides is 1. The highest BCUT2D eigenvalue weighted by Crippen LogP contribution is 2.56. The molecule has 4 aliphatic rings. The molecule has 2 fully saturated rings. The molecule has 134 valence electrons. The van der Waals surface area contributed by atoms with Crippen LogP contribution in [-0.4, -0.2) is 24.0 Å². The second-order valence-corrected chi connectivity index (χ2v) is 8.04. The quantitative estimate of drug-likeness (QED) is 0.798. The van der Waals surface area contributed by atoms with Gasteiger partial charge in [-0.15, -0.1) is 0 Å². The van der Waals surface area contributed by atoms with Crippen molar-refractivity contribution in [1.82, 2.24) is 4.90 Å². The number of nitrogens with zero attached hydrogens (tertiary/aromatic N) is 1. The lowest BCUT2D eigenvalue weighted by molar-refractivity contribution is -0.137. The number of carbonyl (C=O) groups excluding carboxylic acids is 1. The fraction of sp³-hybridized carbons (Fsp3) is 0.435. The third-order valence-electron chi connectivity index (χ3n) is 6.49. The molecule has 0 spiro atoms. The summed E-state index contributed by atoms with van der Waals surface area (Å²) in [6.45, 7) is 0.655. The third kappa shape index (κ3) is 2.53. The average Bonchev–Trinajstić information content (AvgIpc) is 3.49. The van der Waals surface area contributed by atoms with Crippen LogP contribution in [0.5, 0.6) is 5.75 Å². The molecule has 1 unspecified atom stereocenters. The topological polar surface area (TPSA) is 29.5 Å². The molecule has 0 saturated heterocycles. The van der Waals surface area contributed by atoms with Crippen LogP contribution in [0.3, 0.4) is 0 Å². The van der Waals surface area contributed by atoms with Crippen molar-refractivity contribution >= 4 is 5.91 Å². The predicted molar refractivity (Wildman–Crippen MR) is 101 cm³/mol. The monoisotopic (exact) mass is 347 g/mol. The van der Waals surface area contributed by atoms with Crippen LogP contribution in [0.1, 0.15) is 54.2 Å². The highest BCUT2D eigenvalue weighted by molar-refractivity contribution is 5.86. The van der Waals surface area contributed by atoms with E-state index < -0.39 is 0 Å². The summed E-state index contributed by atoms with van der Waals surface area (Å²) in [6, 6.07) is 17.1. The van der Waals surface area contributed by atoms with Gasteiger partial charge in [0.2, 0.25) is 5.91 Å². The average molecular weight is 347 g/mol. The maximum atomic E-state index is 13.7. The standard InChI is InChI=1S/C23H25NO2/c1-26-21-9-5-2-6-15(21)14-24(18-10-11-18)23(25)22-17-12-16(13-17)19-7-3-4-8-20(19)22/h2-9,16-18,22H,10-14H2,1H3. The lowest BCUT2D eigenvalue weighted by Crippen LogP contribution is -2.45. The molecule has 0 radical (unpaired) electrons. The molecule has 0 heterocycles. The van der Waals surface area contributed by atoms with E-state index in [0.717, 1.165) is 24.2 Å². The molecular formula is C23H25NO2. The smallest absolute Gasteiger partial charge is 0.230 e. The van der Waals surface area contributed by atoms with Gasteiger partial charge in [0.1, 0.15) is 5.75 Å². The molecule has 2 aromatic carbocycles. The normalized spacial score (nSPS) is 25.8. The van der Waals surface area contributed by atoms with Crippen molar-refractivity contribution in [3.8, 4) is 5.75 Å². The Labute approximate surface area is 155 Å². The van der Waals surface area contributed by atoms with Crippen molar-refractivity contribution in [2.45, 2.75) is 50.1 Å². The molecule has 2 bridgehead atoms. The van der Waals surface area contributed by atoms with Gasteiger partial charge in [0.25, 0.3) is 0 Å². The summed E-state index contributed by atoms with van der Waals surface area (Å²) in [5.74, 6) is 2.46. The number of hydrogen-bond donors (Lipinski definition) is 0. The lowest BCUT2D eigenvalue weighted by atomic mass is 9.57. The van der Waals surface area contributed by atoms with Crippen molar-refractivity contribution in [2.24, 2.45) is 5.92 Å². The van der Waals surface area contributed by atoms with E-state index in [0.29, 0.717) is 30.3 Å². The SMILES string of the molecule is COc1ccccc1CN(C(=O)C1c2ccccc2C2CC1C2)C1CC1. The molecule has 1 amide bonds. The Kier molecular flexibility index (Phi) is 3.77. The summed E-state index contributed by atoms with van der Waals surface area (Å²) in [5, 5.41) is 0. The molecule has 1 atom stereocenters. The van der Waals surface area contributed by atoms with Crippen LogP contribution >= 0.6 is 0 Å². The number of ether oxygens (including phenoxy) is 1. The highest BCUT2D eigenvalue weighted by atomic mass is 16.5. The fourth-order valence-corrected chi connectivity index (χ4v) is 4.91. The molecule has 0 aromatic heterocycles. The van der Waals surface area contributed by atoms with Gasteiger partial charge in [0.15, 0.2) is 0 Å². The molecule has 4 aliphatic carbocycles. The Morgan fingerprint density at radius 2 is 1.73 bits per heavy atom. The molecule has 6 rings (SSSR count). The fourth-order valence-electron chi connectivity index (χ4n) is 4.91. The van der Waals surface area contributed by atoms with Crippen molar-refractivity contribution in [3.63, 3.8) is 0 Å². The largest absolute Gasteiger partial charge is 0.496 e. The maximum Gasteiger partial charge on any atom is 0.230 e. The van der Waals surface area contributed by atoms with Gasteiger partial charge in [-0.2, -0.15) is 0 Å². The van der Waals surface area contributed by atoms with E-state index in [-0.39, 0.29) is 5.92 Å². The zero-order chi connectivity index (χ0) is 17.7. The Bertz CT molecular complexity index is 836. The van der Waals surface area contributed by atoms with Crippen molar-refractivity contribution in [2.75, 3.05) is 7.11 Å². The molecule has 2 saturated carbocycles. The van der Waals surface area contributed by atoms with Gasteiger partial charge in [-0.3, -0.25) is 4.79 Å². The Morgan fingerprint density at radius 3 is 2.46 bits per heavy atom. The molecule has 0 aliphatic heterocycles. The number of carbonyl (C=O) groups is 1. The first-order valence-corrected chi connectivity index (χ1v) is 9.77. The first-order valence-electron chi connectivity index (χ1n) is 9.77. The predicted octanol–water partition coefficient (Wildman–Crippen LogP) is 4.48. The van der Waals surface area contributed by atoms with Gasteiger partial charge in [-0.05, 0) is 54.7 Å². The summed E-state index contributed by atoms with van der Waals surface area (Å²) in [7, 11) is 1.70. The second-order valence-electron chi connectivity index (χ2n) is 8.04. The molecule has 3 heteroatoms. The Balaban J connectivity index is 1.46. The van der Waals surface area contributed by atoms with E-state index in [1.807, 2.05) is 18.2 Å². The first-order chi connectivity index (χ1) is 12.8. The van der Waals surface area contributed by atoms with Crippen LogP contribution in [0.15, 0.2) is 48.5 Å². The molecule has 0 N–H and O–H groups in total. The molecular weight excluding hydrogens is 322 g/mol. The van der Waals surface area contributed by atoms with Gasteiger partial charge in [-0.25, -0.2) is 0 Å². The van der Waals surface area contributed by atoms with Gasteiger partial charge < -0.3 is 9.64 Å². The van der Waals surface area contributed by atoms with Crippen LogP contribution in [0, 0.1) is 5.92 Å². The van der Waals surface area contributed by atoms with E-state index in [2.05, 4.69) is 35.2 Å². The van der Waals surface area contributed by atoms with Crippen LogP contribution in [-0.2, 0) is 11.3 Å². The zero-order valence-corrected chi connectivity index (χ0v) is 15.2. The van der Waals surface area contributed by atoms with Gasteiger partial charge in [0, 0.05) is 18.2 Å². The highest BCUT2D eigenvalue weighted by Gasteiger charge is 2.49. The number of rotatable bonds is 5. The number of benzene rings is 2. The van der Waals surface area contributed by atoms with E-state index >= 15 is 0 Å². The molecule has 2 aromatic rings. The Morgan fingerprint density at radius 1 is 1.04 bits per heavy atom. The number of hydrogen-bond acceptors (Lipinski definition) is 2. The summed E-state index contributed by atoms with van der Waals surface area (Å²) in [5.41, 5.74) is 3.81. The summed E-state index contributed by atoms with van der Waals surface area (Å²) in [6.07, 6.45) is 4.62. The minimum Gasteiger partial charge on any atom is -0.496 e. The zero-order valence-electron chi connectivity index (χ0n) is 15.2. The van der Waals surface area contributed by atoms with Crippen molar-refractivity contribution < 1.29 is 9.53 Å². The van der Waals surface area contributed by atoms with Gasteiger partial charge in [0.05, 0.1) is 13.0 Å². The number of methoxy groups -OCH3 is 1. The van der Waals surface area contributed by atoms with E-state index in [9.17, 15) is 4.79 Å². The number of para-hydroxylation sites is 1. The summed E-state index contributed by atoms with van der Waals surface area (Å²) < 4.78 is 5.52. The van der Waals surface area contributed by atoms with Gasteiger partial charge >= 0.3 is 0 Å². The molecule has 3 nitrogen and oxygen atoms in total. The minimum atomic E-state index is 0.0477. The van der Waals surface area contributed by atoms with E-state index in [1.54, 1.807) is 7.11 Å². The van der Waals surface area contributed by atoms with Crippen LogP contribution < -0.4 is 4.74 Å². The second kappa shape index (κ2) is 6.15. The van der Waals surface area contributed by atoms with Crippen LogP contribution in [0.2, 0.25) is 0 Å². The maximum absolute atomic E-state index is 13.7. The summed E-state index contributed by atoms with van der Waals surface area (Å²) in [4.78, 5) is 15.8. The first kappa shape index (κ1) is 15.9. The third-order valence-corrected chi connectivity index (χ3v) is 6.49. The van der Waals surface area contributed by atoms with Crippen molar-refractivity contribution in [3.05, 3.63) is 65.2 Å². The Hall–Kier alpha value is -2.29. The van der Waals surface area contributed by atoms with Crippen LogP contribution in [0.4, 0.5) is 0 Å². The lowest BCUT2D eigenvalue weighted by Gasteiger charge is -2.48. The van der Waals surface area contributed by atoms with Crippen LogP contribution in [0.25, 0.3) is 0 Å². The summed E-state index contributed by atoms with van der Waals surface area (Å²) >= 11 is 0. The minimum absolute atomic E-state index is 0.0477. The van der Waals surface area contributed by atoms with E-state index in [4.69, 9.17) is 4.74 Å². The van der Waals surface area contributed by atoms with E-state index in [1.165, 1.54) is 24.0 Å². The molecule has 26 heavy (non-hydrogen) atoms.